The number of nitrogens with zero attached hydrogens (tertiary/aromatic N) is 5. The fourth-order valence-corrected chi connectivity index (χ4v) is 3.30. The second-order valence-electron chi connectivity index (χ2n) is 5.98. The lowest BCUT2D eigenvalue weighted by atomic mass is 10.2. The van der Waals surface area contributed by atoms with Crippen LogP contribution in [0.3, 0.4) is 0 Å². The average molecular weight is 340 g/mol. The van der Waals surface area contributed by atoms with Crippen LogP contribution in [-0.2, 0) is 6.54 Å². The first kappa shape index (κ1) is 15.3. The van der Waals surface area contributed by atoms with Crippen LogP contribution >= 0.6 is 11.6 Å². The van der Waals surface area contributed by atoms with Gasteiger partial charge in [-0.25, -0.2) is 9.97 Å². The van der Waals surface area contributed by atoms with Gasteiger partial charge in [0.2, 0.25) is 0 Å². The molecule has 0 amide bonds. The predicted octanol–water partition coefficient (Wildman–Crippen LogP) is 3.00. The Morgan fingerprint density at radius 3 is 2.54 bits per heavy atom. The molecule has 0 saturated carbocycles. The first-order chi connectivity index (χ1) is 11.8. The van der Waals surface area contributed by atoms with Crippen LogP contribution in [0.15, 0.2) is 49.1 Å². The van der Waals surface area contributed by atoms with E-state index in [0.717, 1.165) is 54.5 Å². The summed E-state index contributed by atoms with van der Waals surface area (Å²) in [4.78, 5) is 17.7. The third-order valence-electron chi connectivity index (χ3n) is 4.40. The van der Waals surface area contributed by atoms with E-state index < -0.39 is 0 Å². The van der Waals surface area contributed by atoms with Crippen LogP contribution in [0.1, 0.15) is 5.56 Å². The SMILES string of the molecule is Clc1ccc2ncnc(N3CCN(Cc4ccncc4)CC3)c2c1. The zero-order chi connectivity index (χ0) is 16.4. The number of piperazine rings is 1. The van der Waals surface area contributed by atoms with Gasteiger partial charge in [-0.1, -0.05) is 11.6 Å². The highest BCUT2D eigenvalue weighted by Gasteiger charge is 2.20. The summed E-state index contributed by atoms with van der Waals surface area (Å²) in [5.74, 6) is 0.978. The molecule has 0 bridgehead atoms. The lowest BCUT2D eigenvalue weighted by molar-refractivity contribution is 0.249. The molecule has 0 spiro atoms. The molecule has 1 aromatic carbocycles. The van der Waals surface area contributed by atoms with Crippen molar-refractivity contribution in [2.24, 2.45) is 0 Å². The Morgan fingerprint density at radius 1 is 0.958 bits per heavy atom. The molecular formula is C18H18ClN5. The molecule has 3 aromatic rings. The van der Waals surface area contributed by atoms with E-state index in [1.807, 2.05) is 30.6 Å². The van der Waals surface area contributed by atoms with E-state index in [-0.39, 0.29) is 0 Å². The summed E-state index contributed by atoms with van der Waals surface area (Å²) in [7, 11) is 0. The lowest BCUT2D eigenvalue weighted by Crippen LogP contribution is -2.46. The normalized spacial score (nSPS) is 15.8. The molecule has 1 aliphatic rings. The van der Waals surface area contributed by atoms with Gasteiger partial charge in [-0.15, -0.1) is 0 Å². The largest absolute Gasteiger partial charge is 0.353 e. The number of aromatic nitrogens is 3. The second-order valence-corrected chi connectivity index (χ2v) is 6.41. The molecule has 24 heavy (non-hydrogen) atoms. The Labute approximate surface area is 145 Å². The van der Waals surface area contributed by atoms with E-state index in [0.29, 0.717) is 0 Å². The molecular weight excluding hydrogens is 322 g/mol. The van der Waals surface area contributed by atoms with Gasteiger partial charge in [0.15, 0.2) is 0 Å². The molecule has 2 aromatic heterocycles. The van der Waals surface area contributed by atoms with E-state index in [9.17, 15) is 0 Å². The van der Waals surface area contributed by atoms with Crippen molar-refractivity contribution in [3.8, 4) is 0 Å². The molecule has 0 aliphatic carbocycles. The van der Waals surface area contributed by atoms with E-state index >= 15 is 0 Å². The van der Waals surface area contributed by atoms with Gasteiger partial charge in [-0.05, 0) is 35.9 Å². The number of halogens is 1. The number of hydrogen-bond donors (Lipinski definition) is 0. The minimum absolute atomic E-state index is 0.717. The molecule has 6 heteroatoms. The quantitative estimate of drug-likeness (QED) is 0.734. The van der Waals surface area contributed by atoms with Gasteiger partial charge >= 0.3 is 0 Å². The fraction of sp³-hybridized carbons (Fsp3) is 0.278. The fourth-order valence-electron chi connectivity index (χ4n) is 3.13. The zero-order valence-corrected chi connectivity index (χ0v) is 14.0. The van der Waals surface area contributed by atoms with Gasteiger partial charge in [0.1, 0.15) is 12.1 Å². The maximum absolute atomic E-state index is 6.16. The summed E-state index contributed by atoms with van der Waals surface area (Å²) in [6, 6.07) is 9.92. The molecule has 0 N–H and O–H groups in total. The maximum atomic E-state index is 6.16. The summed E-state index contributed by atoms with van der Waals surface area (Å²) in [6.07, 6.45) is 5.33. The van der Waals surface area contributed by atoms with Crippen molar-refractivity contribution < 1.29 is 0 Å². The second kappa shape index (κ2) is 6.71. The minimum atomic E-state index is 0.717. The third kappa shape index (κ3) is 3.18. The van der Waals surface area contributed by atoms with Gasteiger partial charge in [-0.2, -0.15) is 0 Å². The van der Waals surface area contributed by atoms with Gasteiger partial charge < -0.3 is 4.90 Å². The average Bonchev–Trinajstić information content (AvgIpc) is 2.63. The van der Waals surface area contributed by atoms with Crippen LogP contribution in [0.5, 0.6) is 0 Å². The first-order valence-corrected chi connectivity index (χ1v) is 8.44. The number of rotatable bonds is 3. The Balaban J connectivity index is 1.49. The van der Waals surface area contributed by atoms with Gasteiger partial charge in [-0.3, -0.25) is 9.88 Å². The molecule has 0 atom stereocenters. The van der Waals surface area contributed by atoms with Crippen molar-refractivity contribution >= 4 is 28.3 Å². The van der Waals surface area contributed by atoms with Crippen LogP contribution in [0.25, 0.3) is 10.9 Å². The summed E-state index contributed by atoms with van der Waals surface area (Å²) < 4.78 is 0. The highest BCUT2D eigenvalue weighted by atomic mass is 35.5. The van der Waals surface area contributed by atoms with Crippen LogP contribution < -0.4 is 4.90 Å². The van der Waals surface area contributed by atoms with Crippen molar-refractivity contribution in [3.63, 3.8) is 0 Å². The van der Waals surface area contributed by atoms with Crippen molar-refractivity contribution in [1.29, 1.82) is 0 Å². The Bertz CT molecular complexity index is 831. The number of anilines is 1. The van der Waals surface area contributed by atoms with E-state index in [4.69, 9.17) is 11.6 Å². The van der Waals surface area contributed by atoms with Crippen molar-refractivity contribution in [2.75, 3.05) is 31.1 Å². The lowest BCUT2D eigenvalue weighted by Gasteiger charge is -2.35. The van der Waals surface area contributed by atoms with Crippen LogP contribution in [0.4, 0.5) is 5.82 Å². The molecule has 1 saturated heterocycles. The monoisotopic (exact) mass is 339 g/mol. The highest BCUT2D eigenvalue weighted by Crippen LogP contribution is 2.26. The van der Waals surface area contributed by atoms with Crippen LogP contribution in [-0.4, -0.2) is 46.0 Å². The maximum Gasteiger partial charge on any atom is 0.140 e. The standard InChI is InChI=1S/C18H18ClN5/c19-15-1-2-17-16(11-15)18(22-13-21-17)24-9-7-23(8-10-24)12-14-3-5-20-6-4-14/h1-6,11,13H,7-10,12H2. The minimum Gasteiger partial charge on any atom is -0.353 e. The molecule has 122 valence electrons. The zero-order valence-electron chi connectivity index (χ0n) is 13.3. The Morgan fingerprint density at radius 2 is 1.75 bits per heavy atom. The number of hydrogen-bond acceptors (Lipinski definition) is 5. The Kier molecular flexibility index (Phi) is 4.28. The highest BCUT2D eigenvalue weighted by molar-refractivity contribution is 6.31. The molecule has 0 unspecified atom stereocenters. The number of benzene rings is 1. The van der Waals surface area contributed by atoms with E-state index in [2.05, 4.69) is 36.9 Å². The van der Waals surface area contributed by atoms with E-state index in [1.54, 1.807) is 6.33 Å². The Hall–Kier alpha value is -2.24. The molecule has 3 heterocycles. The molecule has 1 fully saturated rings. The molecule has 0 radical (unpaired) electrons. The van der Waals surface area contributed by atoms with Crippen molar-refractivity contribution in [2.45, 2.75) is 6.54 Å². The van der Waals surface area contributed by atoms with Crippen molar-refractivity contribution in [1.82, 2.24) is 19.9 Å². The summed E-state index contributed by atoms with van der Waals surface area (Å²) >= 11 is 6.16. The smallest absolute Gasteiger partial charge is 0.140 e. The van der Waals surface area contributed by atoms with Gasteiger partial charge in [0, 0.05) is 55.5 Å². The van der Waals surface area contributed by atoms with Crippen molar-refractivity contribution in [3.05, 3.63) is 59.6 Å². The summed E-state index contributed by atoms with van der Waals surface area (Å²) in [5.41, 5.74) is 2.24. The first-order valence-electron chi connectivity index (χ1n) is 8.06. The summed E-state index contributed by atoms with van der Waals surface area (Å²) in [5, 5.41) is 1.74. The summed E-state index contributed by atoms with van der Waals surface area (Å²) in [6.45, 7) is 4.88. The van der Waals surface area contributed by atoms with Crippen LogP contribution in [0, 0.1) is 0 Å². The number of fused-ring (bicyclic) bond motifs is 1. The van der Waals surface area contributed by atoms with Gasteiger partial charge in [0.05, 0.1) is 5.52 Å². The van der Waals surface area contributed by atoms with Gasteiger partial charge in [0.25, 0.3) is 0 Å². The predicted molar refractivity (Wildman–Crippen MR) is 96.3 cm³/mol. The molecule has 1 aliphatic heterocycles. The number of pyridine rings is 1. The molecule has 4 rings (SSSR count). The third-order valence-corrected chi connectivity index (χ3v) is 4.64. The topological polar surface area (TPSA) is 45.2 Å². The van der Waals surface area contributed by atoms with E-state index in [1.165, 1.54) is 5.56 Å². The molecule has 5 nitrogen and oxygen atoms in total. The van der Waals surface area contributed by atoms with Crippen LogP contribution in [0.2, 0.25) is 5.02 Å².